The first kappa shape index (κ1) is 9.83. The molecular formula is C12H22. The van der Waals surface area contributed by atoms with Gasteiger partial charge in [-0.3, -0.25) is 0 Å². The van der Waals surface area contributed by atoms with E-state index < -0.39 is 0 Å². The molecule has 0 aliphatic heterocycles. The fourth-order valence-corrected chi connectivity index (χ4v) is 1.87. The van der Waals surface area contributed by atoms with Crippen LogP contribution >= 0.6 is 0 Å². The first-order chi connectivity index (χ1) is 5.50. The van der Waals surface area contributed by atoms with E-state index in [1.54, 1.807) is 0 Å². The minimum absolute atomic E-state index is 0.322. The summed E-state index contributed by atoms with van der Waals surface area (Å²) in [5.74, 6) is 0.955. The highest BCUT2D eigenvalue weighted by atomic mass is 14.3. The molecule has 1 aliphatic carbocycles. The van der Waals surface area contributed by atoms with Gasteiger partial charge in [0.2, 0.25) is 0 Å². The zero-order valence-electron chi connectivity index (χ0n) is 8.82. The summed E-state index contributed by atoms with van der Waals surface area (Å²) in [7, 11) is 0. The molecule has 0 aromatic heterocycles. The monoisotopic (exact) mass is 166 g/mol. The van der Waals surface area contributed by atoms with Crippen LogP contribution in [-0.4, -0.2) is 0 Å². The van der Waals surface area contributed by atoms with Crippen molar-refractivity contribution in [1.29, 1.82) is 0 Å². The lowest BCUT2D eigenvalue weighted by Crippen LogP contribution is -2.11. The summed E-state index contributed by atoms with van der Waals surface area (Å²) in [5.41, 5.74) is 1.76. The van der Waals surface area contributed by atoms with E-state index in [0.717, 1.165) is 5.92 Å². The summed E-state index contributed by atoms with van der Waals surface area (Å²) >= 11 is 0. The van der Waals surface area contributed by atoms with Crippen LogP contribution in [0.5, 0.6) is 0 Å². The Labute approximate surface area is 77.1 Å². The van der Waals surface area contributed by atoms with Gasteiger partial charge in [-0.05, 0) is 17.8 Å². The number of hydrogen-bond donors (Lipinski definition) is 0. The minimum Gasteiger partial charge on any atom is -0.0993 e. The Kier molecular flexibility index (Phi) is 2.98. The van der Waals surface area contributed by atoms with Gasteiger partial charge in [0.25, 0.3) is 0 Å². The summed E-state index contributed by atoms with van der Waals surface area (Å²) in [6.07, 6.45) is 7.04. The van der Waals surface area contributed by atoms with Crippen LogP contribution < -0.4 is 0 Å². The van der Waals surface area contributed by atoms with E-state index in [0.29, 0.717) is 5.41 Å². The highest BCUT2D eigenvalue weighted by molar-refractivity contribution is 5.06. The second-order valence-electron chi connectivity index (χ2n) is 5.21. The fourth-order valence-electron chi connectivity index (χ4n) is 1.87. The van der Waals surface area contributed by atoms with Gasteiger partial charge in [0, 0.05) is 0 Å². The lowest BCUT2D eigenvalue weighted by atomic mass is 9.82. The molecule has 0 nitrogen and oxygen atoms in total. The van der Waals surface area contributed by atoms with Crippen LogP contribution in [0.1, 0.15) is 52.9 Å². The summed E-state index contributed by atoms with van der Waals surface area (Å²) in [4.78, 5) is 0. The largest absolute Gasteiger partial charge is 0.0993 e. The van der Waals surface area contributed by atoms with Gasteiger partial charge in [0.1, 0.15) is 0 Å². The topological polar surface area (TPSA) is 0 Å². The molecule has 12 heavy (non-hydrogen) atoms. The molecule has 0 heteroatoms. The third-order valence-corrected chi connectivity index (χ3v) is 3.07. The first-order valence-corrected chi connectivity index (χ1v) is 5.18. The van der Waals surface area contributed by atoms with Crippen molar-refractivity contribution in [2.45, 2.75) is 52.9 Å². The lowest BCUT2D eigenvalue weighted by Gasteiger charge is -2.24. The fraction of sp³-hybridized carbons (Fsp3) is 0.833. The summed E-state index contributed by atoms with van der Waals surface area (Å²) in [6, 6.07) is 0. The Morgan fingerprint density at radius 1 is 1.25 bits per heavy atom. The first-order valence-electron chi connectivity index (χ1n) is 5.18. The molecule has 0 aromatic carbocycles. The van der Waals surface area contributed by atoms with Crippen molar-refractivity contribution in [2.24, 2.45) is 11.3 Å². The predicted molar refractivity (Wildman–Crippen MR) is 55.2 cm³/mol. The third-order valence-electron chi connectivity index (χ3n) is 3.07. The molecule has 0 atom stereocenters. The van der Waals surface area contributed by atoms with Gasteiger partial charge >= 0.3 is 0 Å². The van der Waals surface area contributed by atoms with Crippen molar-refractivity contribution in [3.8, 4) is 0 Å². The molecule has 0 amide bonds. The van der Waals surface area contributed by atoms with Crippen LogP contribution in [0.25, 0.3) is 0 Å². The Hall–Kier alpha value is -0.260. The predicted octanol–water partition coefficient (Wildman–Crippen LogP) is 4.17. The molecule has 0 radical (unpaired) electrons. The van der Waals surface area contributed by atoms with Gasteiger partial charge in [-0.25, -0.2) is 0 Å². The number of allylic oxidation sites excluding steroid dienone is 1. The van der Waals surface area contributed by atoms with Crippen LogP contribution in [0, 0.1) is 11.3 Å². The molecule has 1 fully saturated rings. The molecule has 1 rings (SSSR count). The SMILES string of the molecule is C=C(CC1CCCC1)C(C)(C)C. The summed E-state index contributed by atoms with van der Waals surface area (Å²) in [5, 5.41) is 0. The third kappa shape index (κ3) is 2.66. The quantitative estimate of drug-likeness (QED) is 0.540. The Bertz CT molecular complexity index is 153. The van der Waals surface area contributed by atoms with E-state index in [9.17, 15) is 0 Å². The molecule has 0 N–H and O–H groups in total. The highest BCUT2D eigenvalue weighted by Crippen LogP contribution is 2.35. The standard InChI is InChI=1S/C12H22/c1-10(12(2,3)4)9-11-7-5-6-8-11/h11H,1,5-9H2,2-4H3. The van der Waals surface area contributed by atoms with E-state index >= 15 is 0 Å². The van der Waals surface area contributed by atoms with Gasteiger partial charge in [0.15, 0.2) is 0 Å². The van der Waals surface area contributed by atoms with E-state index in [1.165, 1.54) is 37.7 Å². The van der Waals surface area contributed by atoms with Crippen LogP contribution in [0.2, 0.25) is 0 Å². The van der Waals surface area contributed by atoms with Crippen molar-refractivity contribution in [2.75, 3.05) is 0 Å². The number of hydrogen-bond acceptors (Lipinski definition) is 0. The average Bonchev–Trinajstić information content (AvgIpc) is 2.37. The van der Waals surface area contributed by atoms with Crippen molar-refractivity contribution in [3.05, 3.63) is 12.2 Å². The molecule has 1 aliphatic rings. The maximum absolute atomic E-state index is 4.19. The Morgan fingerprint density at radius 3 is 2.17 bits per heavy atom. The van der Waals surface area contributed by atoms with Gasteiger partial charge in [0.05, 0.1) is 0 Å². The molecule has 0 bridgehead atoms. The zero-order valence-corrected chi connectivity index (χ0v) is 8.82. The Balaban J connectivity index is 2.35. The zero-order chi connectivity index (χ0) is 9.19. The molecule has 0 heterocycles. The van der Waals surface area contributed by atoms with Crippen molar-refractivity contribution >= 4 is 0 Å². The van der Waals surface area contributed by atoms with Gasteiger partial charge in [-0.15, -0.1) is 0 Å². The molecular weight excluding hydrogens is 144 g/mol. The minimum atomic E-state index is 0.322. The van der Waals surface area contributed by atoms with Crippen LogP contribution in [0.4, 0.5) is 0 Å². The Morgan fingerprint density at radius 2 is 1.75 bits per heavy atom. The highest BCUT2D eigenvalue weighted by Gasteiger charge is 2.21. The number of rotatable bonds is 2. The van der Waals surface area contributed by atoms with E-state index in [1.807, 2.05) is 0 Å². The van der Waals surface area contributed by atoms with Crippen LogP contribution in [0.3, 0.4) is 0 Å². The lowest BCUT2D eigenvalue weighted by molar-refractivity contribution is 0.433. The maximum Gasteiger partial charge on any atom is -0.0176 e. The van der Waals surface area contributed by atoms with Crippen LogP contribution in [0.15, 0.2) is 12.2 Å². The second-order valence-corrected chi connectivity index (χ2v) is 5.21. The van der Waals surface area contributed by atoms with E-state index in [-0.39, 0.29) is 0 Å². The van der Waals surface area contributed by atoms with Crippen molar-refractivity contribution in [3.63, 3.8) is 0 Å². The van der Waals surface area contributed by atoms with E-state index in [4.69, 9.17) is 0 Å². The van der Waals surface area contributed by atoms with Gasteiger partial charge < -0.3 is 0 Å². The normalized spacial score (nSPS) is 19.9. The molecule has 0 aromatic rings. The molecule has 70 valence electrons. The summed E-state index contributed by atoms with van der Waals surface area (Å²) in [6.45, 7) is 11.0. The van der Waals surface area contributed by atoms with Crippen molar-refractivity contribution in [1.82, 2.24) is 0 Å². The van der Waals surface area contributed by atoms with Gasteiger partial charge in [-0.2, -0.15) is 0 Å². The van der Waals surface area contributed by atoms with Crippen molar-refractivity contribution < 1.29 is 0 Å². The maximum atomic E-state index is 4.19. The van der Waals surface area contributed by atoms with E-state index in [2.05, 4.69) is 27.4 Å². The molecule has 0 saturated heterocycles. The molecule has 0 spiro atoms. The molecule has 1 saturated carbocycles. The smallest absolute Gasteiger partial charge is 0.0176 e. The van der Waals surface area contributed by atoms with Gasteiger partial charge in [-0.1, -0.05) is 58.6 Å². The second kappa shape index (κ2) is 3.64. The van der Waals surface area contributed by atoms with Crippen LogP contribution in [-0.2, 0) is 0 Å². The average molecular weight is 166 g/mol. The molecule has 0 unspecified atom stereocenters. The summed E-state index contributed by atoms with van der Waals surface area (Å²) < 4.78 is 0.